The minimum Gasteiger partial charge on any atom is -0.308 e. The van der Waals surface area contributed by atoms with Gasteiger partial charge in [-0.15, -0.1) is 0 Å². The molecule has 0 fully saturated rings. The van der Waals surface area contributed by atoms with Gasteiger partial charge in [0.05, 0.1) is 16.9 Å². The van der Waals surface area contributed by atoms with Crippen LogP contribution in [0.3, 0.4) is 0 Å². The maximum atomic E-state index is 12.9. The highest BCUT2D eigenvalue weighted by Crippen LogP contribution is 2.33. The van der Waals surface area contributed by atoms with Crippen LogP contribution < -0.4 is 4.90 Å². The first-order valence-corrected chi connectivity index (χ1v) is 7.74. The Bertz CT molecular complexity index is 799. The van der Waals surface area contributed by atoms with Crippen LogP contribution in [0.5, 0.6) is 0 Å². The molecule has 1 aromatic carbocycles. The number of amides is 1. The predicted octanol–water partition coefficient (Wildman–Crippen LogP) is 4.31. The number of anilines is 1. The number of para-hydroxylation sites is 1. The van der Waals surface area contributed by atoms with E-state index in [1.807, 2.05) is 25.1 Å². The Labute approximate surface area is 138 Å². The molecule has 0 spiro atoms. The van der Waals surface area contributed by atoms with E-state index in [0.29, 0.717) is 6.54 Å². The van der Waals surface area contributed by atoms with Crippen LogP contribution in [0.4, 0.5) is 18.9 Å². The van der Waals surface area contributed by atoms with Gasteiger partial charge in [0, 0.05) is 6.54 Å². The lowest BCUT2D eigenvalue weighted by Gasteiger charge is -2.31. The number of aryl methyl sites for hydroxylation is 3. The predicted molar refractivity (Wildman–Crippen MR) is 85.2 cm³/mol. The first-order valence-electron chi connectivity index (χ1n) is 7.74. The van der Waals surface area contributed by atoms with E-state index >= 15 is 0 Å². The molecule has 0 atom stereocenters. The van der Waals surface area contributed by atoms with Crippen molar-refractivity contribution in [3.63, 3.8) is 0 Å². The number of hydrogen-bond acceptors (Lipinski definition) is 2. The molecule has 3 rings (SSSR count). The molecule has 3 nitrogen and oxygen atoms in total. The summed E-state index contributed by atoms with van der Waals surface area (Å²) >= 11 is 0. The molecular formula is C18H17F3N2O. The molecule has 0 radical (unpaired) electrons. The van der Waals surface area contributed by atoms with Crippen LogP contribution in [0.15, 0.2) is 30.3 Å². The Morgan fingerprint density at radius 1 is 1.17 bits per heavy atom. The van der Waals surface area contributed by atoms with Gasteiger partial charge in [-0.25, -0.2) is 4.98 Å². The normalized spacial score (nSPS) is 14.5. The number of alkyl halides is 3. The summed E-state index contributed by atoms with van der Waals surface area (Å²) in [6, 6.07) is 7.96. The van der Waals surface area contributed by atoms with Crippen molar-refractivity contribution in [2.24, 2.45) is 0 Å². The Kier molecular flexibility index (Phi) is 4.07. The van der Waals surface area contributed by atoms with Crippen molar-refractivity contribution in [2.45, 2.75) is 32.9 Å². The number of fused-ring (bicyclic) bond motifs is 1. The number of hydrogen-bond donors (Lipinski definition) is 0. The summed E-state index contributed by atoms with van der Waals surface area (Å²) in [6.07, 6.45) is -2.79. The first-order chi connectivity index (χ1) is 11.3. The Morgan fingerprint density at radius 3 is 2.58 bits per heavy atom. The summed E-state index contributed by atoms with van der Waals surface area (Å²) in [6.45, 7) is 3.92. The quantitative estimate of drug-likeness (QED) is 0.778. The van der Waals surface area contributed by atoms with E-state index in [2.05, 4.69) is 4.98 Å². The number of carbonyl (C=O) groups excluding carboxylic acids is 1. The number of carbonyl (C=O) groups is 1. The summed E-state index contributed by atoms with van der Waals surface area (Å²) < 4.78 is 38.2. The molecule has 126 valence electrons. The largest absolute Gasteiger partial charge is 0.433 e. The van der Waals surface area contributed by atoms with E-state index in [4.69, 9.17) is 0 Å². The monoisotopic (exact) mass is 334 g/mol. The summed E-state index contributed by atoms with van der Waals surface area (Å²) in [5, 5.41) is 0. The number of benzene rings is 1. The van der Waals surface area contributed by atoms with Gasteiger partial charge in [-0.1, -0.05) is 18.2 Å². The summed E-state index contributed by atoms with van der Waals surface area (Å²) in [5.74, 6) is -0.302. The highest BCUT2D eigenvalue weighted by Gasteiger charge is 2.34. The van der Waals surface area contributed by atoms with E-state index in [0.717, 1.165) is 35.7 Å². The molecule has 0 bridgehead atoms. The van der Waals surface area contributed by atoms with Crippen molar-refractivity contribution in [3.05, 3.63) is 58.4 Å². The molecule has 2 aromatic rings. The lowest BCUT2D eigenvalue weighted by Crippen LogP contribution is -2.36. The molecule has 6 heteroatoms. The second-order valence-electron chi connectivity index (χ2n) is 5.97. The van der Waals surface area contributed by atoms with E-state index in [-0.39, 0.29) is 17.2 Å². The molecule has 0 unspecified atom stereocenters. The van der Waals surface area contributed by atoms with Gasteiger partial charge in [-0.3, -0.25) is 4.79 Å². The Balaban J connectivity index is 2.00. The molecule has 1 aliphatic rings. The maximum absolute atomic E-state index is 12.9. The average molecular weight is 334 g/mol. The van der Waals surface area contributed by atoms with E-state index in [1.165, 1.54) is 13.0 Å². The van der Waals surface area contributed by atoms with Crippen LogP contribution in [-0.2, 0) is 12.6 Å². The van der Waals surface area contributed by atoms with Gasteiger partial charge in [-0.2, -0.15) is 13.2 Å². The molecule has 0 saturated heterocycles. The second-order valence-corrected chi connectivity index (χ2v) is 5.97. The SMILES string of the molecule is Cc1cccc2c1N(C(=O)c1ccc(C(F)(F)F)nc1C)CCC2. The minimum atomic E-state index is -4.51. The molecular weight excluding hydrogens is 317 g/mol. The fraction of sp³-hybridized carbons (Fsp3) is 0.333. The molecule has 1 aliphatic heterocycles. The molecule has 24 heavy (non-hydrogen) atoms. The van der Waals surface area contributed by atoms with Gasteiger partial charge < -0.3 is 4.90 Å². The highest BCUT2D eigenvalue weighted by atomic mass is 19.4. The van der Waals surface area contributed by atoms with Crippen molar-refractivity contribution in [2.75, 3.05) is 11.4 Å². The zero-order valence-corrected chi connectivity index (χ0v) is 13.4. The van der Waals surface area contributed by atoms with Gasteiger partial charge in [-0.05, 0) is 49.9 Å². The maximum Gasteiger partial charge on any atom is 0.433 e. The van der Waals surface area contributed by atoms with Crippen molar-refractivity contribution in [1.29, 1.82) is 0 Å². The van der Waals surface area contributed by atoms with Crippen LogP contribution in [0.25, 0.3) is 0 Å². The Hall–Kier alpha value is -2.37. The molecule has 0 N–H and O–H groups in total. The lowest BCUT2D eigenvalue weighted by molar-refractivity contribution is -0.141. The van der Waals surface area contributed by atoms with Crippen LogP contribution in [0.2, 0.25) is 0 Å². The van der Waals surface area contributed by atoms with Gasteiger partial charge in [0.25, 0.3) is 5.91 Å². The third kappa shape index (κ3) is 2.88. The van der Waals surface area contributed by atoms with Crippen LogP contribution >= 0.6 is 0 Å². The molecule has 2 heterocycles. The van der Waals surface area contributed by atoms with Crippen molar-refractivity contribution in [1.82, 2.24) is 4.98 Å². The first kappa shape index (κ1) is 16.5. The van der Waals surface area contributed by atoms with E-state index in [1.54, 1.807) is 4.90 Å². The molecule has 0 saturated carbocycles. The fourth-order valence-electron chi connectivity index (χ4n) is 3.14. The van der Waals surface area contributed by atoms with Crippen molar-refractivity contribution < 1.29 is 18.0 Å². The lowest BCUT2D eigenvalue weighted by atomic mass is 9.97. The van der Waals surface area contributed by atoms with Crippen molar-refractivity contribution >= 4 is 11.6 Å². The van der Waals surface area contributed by atoms with Gasteiger partial charge in [0.15, 0.2) is 0 Å². The summed E-state index contributed by atoms with van der Waals surface area (Å²) in [7, 11) is 0. The average Bonchev–Trinajstić information content (AvgIpc) is 2.53. The number of halogens is 3. The van der Waals surface area contributed by atoms with Crippen molar-refractivity contribution in [3.8, 4) is 0 Å². The summed E-state index contributed by atoms with van der Waals surface area (Å²) in [5.41, 5.74) is 2.26. The topological polar surface area (TPSA) is 33.2 Å². The van der Waals surface area contributed by atoms with Crippen LogP contribution in [0, 0.1) is 13.8 Å². The van der Waals surface area contributed by atoms with Crippen LogP contribution in [0.1, 0.15) is 39.3 Å². The standard InChI is InChI=1S/C18H17F3N2O/c1-11-5-3-6-13-7-4-10-23(16(11)13)17(24)14-8-9-15(18(19,20)21)22-12(14)2/h3,5-6,8-9H,4,7,10H2,1-2H3. The fourth-order valence-corrected chi connectivity index (χ4v) is 3.14. The van der Waals surface area contributed by atoms with Gasteiger partial charge in [0.2, 0.25) is 0 Å². The van der Waals surface area contributed by atoms with E-state index < -0.39 is 11.9 Å². The zero-order valence-electron chi connectivity index (χ0n) is 13.4. The summed E-state index contributed by atoms with van der Waals surface area (Å²) in [4.78, 5) is 18.1. The number of pyridine rings is 1. The zero-order chi connectivity index (χ0) is 17.5. The molecule has 1 amide bonds. The van der Waals surface area contributed by atoms with Crippen LogP contribution in [-0.4, -0.2) is 17.4 Å². The van der Waals surface area contributed by atoms with Gasteiger partial charge >= 0.3 is 6.18 Å². The number of rotatable bonds is 1. The second kappa shape index (κ2) is 5.92. The third-order valence-corrected chi connectivity index (χ3v) is 4.27. The minimum absolute atomic E-state index is 0.0931. The molecule has 0 aliphatic carbocycles. The number of aromatic nitrogens is 1. The van der Waals surface area contributed by atoms with Gasteiger partial charge in [0.1, 0.15) is 5.69 Å². The number of nitrogens with zero attached hydrogens (tertiary/aromatic N) is 2. The van der Waals surface area contributed by atoms with E-state index in [9.17, 15) is 18.0 Å². The highest BCUT2D eigenvalue weighted by molar-refractivity contribution is 6.07. The Morgan fingerprint density at radius 2 is 1.92 bits per heavy atom. The smallest absolute Gasteiger partial charge is 0.308 e. The molecule has 1 aromatic heterocycles. The third-order valence-electron chi connectivity index (χ3n) is 4.27.